The van der Waals surface area contributed by atoms with E-state index in [9.17, 15) is 4.79 Å². The van der Waals surface area contributed by atoms with Gasteiger partial charge in [0, 0.05) is 18.7 Å². The summed E-state index contributed by atoms with van der Waals surface area (Å²) >= 11 is 0. The zero-order chi connectivity index (χ0) is 13.2. The number of hydrogen-bond acceptors (Lipinski definition) is 3. The fraction of sp³-hybridized carbons (Fsp3) is 0.429. The van der Waals surface area contributed by atoms with Crippen LogP contribution in [0.25, 0.3) is 0 Å². The number of aliphatic imine (C=N–C) groups is 1. The molecular weight excluding hydrogens is 228 g/mol. The van der Waals surface area contributed by atoms with Gasteiger partial charge in [-0.2, -0.15) is 0 Å². The molecule has 1 N–H and O–H groups in total. The predicted octanol–water partition coefficient (Wildman–Crippen LogP) is 2.64. The molecule has 0 aromatic heterocycles. The van der Waals surface area contributed by atoms with Crippen molar-refractivity contribution in [3.8, 4) is 5.75 Å². The summed E-state index contributed by atoms with van der Waals surface area (Å²) in [6.45, 7) is 5.53. The van der Waals surface area contributed by atoms with Gasteiger partial charge in [0.2, 0.25) is 0 Å². The van der Waals surface area contributed by atoms with Crippen LogP contribution in [0.15, 0.2) is 29.3 Å². The molecular formula is C14H20N2O2. The van der Waals surface area contributed by atoms with Crippen LogP contribution in [0.1, 0.15) is 37.0 Å². The van der Waals surface area contributed by atoms with E-state index >= 15 is 0 Å². The lowest BCUT2D eigenvalue weighted by Crippen LogP contribution is -2.23. The minimum Gasteiger partial charge on any atom is -0.446 e. The first-order valence-corrected chi connectivity index (χ1v) is 6.31. The monoisotopic (exact) mass is 248 g/mol. The summed E-state index contributed by atoms with van der Waals surface area (Å²) in [5.74, 6) is 0.630. The van der Waals surface area contributed by atoms with E-state index in [4.69, 9.17) is 4.74 Å². The minimum absolute atomic E-state index is 0.0527. The standard InChI is InChI=1S/C14H20N2O2/c1-3-9-15-11-18-13-7-5-12(6-8-13)14(17)16-10-4-2/h5-8,11H,3-4,9-10H2,1-2H3,(H,16,17). The first-order valence-electron chi connectivity index (χ1n) is 6.31. The molecule has 4 heteroatoms. The Balaban J connectivity index is 2.49. The summed E-state index contributed by atoms with van der Waals surface area (Å²) in [6.07, 6.45) is 3.37. The second kappa shape index (κ2) is 8.28. The molecule has 0 aliphatic rings. The first kappa shape index (κ1) is 14.2. The van der Waals surface area contributed by atoms with Crippen molar-refractivity contribution in [2.75, 3.05) is 13.1 Å². The average molecular weight is 248 g/mol. The summed E-state index contributed by atoms with van der Waals surface area (Å²) in [5.41, 5.74) is 0.640. The fourth-order valence-electron chi connectivity index (χ4n) is 1.31. The summed E-state index contributed by atoms with van der Waals surface area (Å²) in [4.78, 5) is 15.7. The van der Waals surface area contributed by atoms with E-state index in [0.29, 0.717) is 17.9 Å². The van der Waals surface area contributed by atoms with Crippen molar-refractivity contribution in [2.45, 2.75) is 26.7 Å². The number of amides is 1. The molecule has 0 radical (unpaired) electrons. The highest BCUT2D eigenvalue weighted by Crippen LogP contribution is 2.11. The molecule has 98 valence electrons. The SMILES string of the molecule is CCCN=COc1ccc(C(=O)NCCC)cc1. The molecule has 0 atom stereocenters. The van der Waals surface area contributed by atoms with Crippen LogP contribution < -0.4 is 10.1 Å². The third kappa shape index (κ3) is 4.99. The van der Waals surface area contributed by atoms with Gasteiger partial charge in [-0.3, -0.25) is 9.79 Å². The Hall–Kier alpha value is -1.84. The first-order chi connectivity index (χ1) is 8.77. The minimum atomic E-state index is -0.0527. The third-order valence-electron chi connectivity index (χ3n) is 2.27. The Labute approximate surface area is 108 Å². The Morgan fingerprint density at radius 2 is 2.00 bits per heavy atom. The lowest BCUT2D eigenvalue weighted by molar-refractivity contribution is 0.0953. The molecule has 0 spiro atoms. The van der Waals surface area contributed by atoms with Crippen molar-refractivity contribution in [1.82, 2.24) is 5.32 Å². The molecule has 18 heavy (non-hydrogen) atoms. The molecule has 0 bridgehead atoms. The van der Waals surface area contributed by atoms with Crippen LogP contribution in [0.3, 0.4) is 0 Å². The molecule has 0 unspecified atom stereocenters. The number of benzene rings is 1. The Morgan fingerprint density at radius 3 is 2.61 bits per heavy atom. The number of hydrogen-bond donors (Lipinski definition) is 1. The second-order valence-corrected chi connectivity index (χ2v) is 3.91. The van der Waals surface area contributed by atoms with E-state index in [0.717, 1.165) is 19.4 Å². The van der Waals surface area contributed by atoms with E-state index in [1.807, 2.05) is 6.92 Å². The van der Waals surface area contributed by atoms with Gasteiger partial charge in [-0.1, -0.05) is 13.8 Å². The second-order valence-electron chi connectivity index (χ2n) is 3.91. The molecule has 1 aromatic rings. The van der Waals surface area contributed by atoms with Gasteiger partial charge in [-0.25, -0.2) is 0 Å². The van der Waals surface area contributed by atoms with Crippen molar-refractivity contribution in [1.29, 1.82) is 0 Å². The maximum absolute atomic E-state index is 11.6. The normalized spacial score (nSPS) is 10.6. The van der Waals surface area contributed by atoms with Gasteiger partial charge in [0.1, 0.15) is 5.75 Å². The number of carbonyl (C=O) groups excluding carboxylic acids is 1. The lowest BCUT2D eigenvalue weighted by Gasteiger charge is -2.04. The van der Waals surface area contributed by atoms with Crippen molar-refractivity contribution < 1.29 is 9.53 Å². The predicted molar refractivity (Wildman–Crippen MR) is 73.3 cm³/mol. The van der Waals surface area contributed by atoms with Crippen LogP contribution in [0.4, 0.5) is 0 Å². The molecule has 4 nitrogen and oxygen atoms in total. The maximum atomic E-state index is 11.6. The topological polar surface area (TPSA) is 50.7 Å². The quantitative estimate of drug-likeness (QED) is 0.595. The molecule has 1 amide bonds. The largest absolute Gasteiger partial charge is 0.446 e. The Bertz CT molecular complexity index is 385. The molecule has 1 rings (SSSR count). The molecule has 0 fully saturated rings. The molecule has 0 aliphatic heterocycles. The van der Waals surface area contributed by atoms with Crippen molar-refractivity contribution in [3.63, 3.8) is 0 Å². The molecule has 0 saturated heterocycles. The maximum Gasteiger partial charge on any atom is 0.251 e. The number of rotatable bonds is 7. The number of nitrogens with one attached hydrogen (secondary N) is 1. The highest BCUT2D eigenvalue weighted by molar-refractivity contribution is 5.94. The number of nitrogens with zero attached hydrogens (tertiary/aromatic N) is 1. The van der Waals surface area contributed by atoms with E-state index in [2.05, 4.69) is 17.2 Å². The average Bonchev–Trinajstić information content (AvgIpc) is 2.41. The number of carbonyl (C=O) groups is 1. The van der Waals surface area contributed by atoms with Gasteiger partial charge in [0.25, 0.3) is 5.91 Å². The molecule has 1 aromatic carbocycles. The summed E-state index contributed by atoms with van der Waals surface area (Å²) in [5, 5.41) is 2.82. The van der Waals surface area contributed by atoms with Crippen LogP contribution >= 0.6 is 0 Å². The van der Waals surface area contributed by atoms with Crippen LogP contribution in [0, 0.1) is 0 Å². The van der Waals surface area contributed by atoms with E-state index < -0.39 is 0 Å². The summed E-state index contributed by atoms with van der Waals surface area (Å²) in [7, 11) is 0. The zero-order valence-corrected chi connectivity index (χ0v) is 11.0. The fourth-order valence-corrected chi connectivity index (χ4v) is 1.31. The van der Waals surface area contributed by atoms with Gasteiger partial charge in [-0.05, 0) is 37.1 Å². The van der Waals surface area contributed by atoms with Crippen molar-refractivity contribution >= 4 is 12.3 Å². The highest BCUT2D eigenvalue weighted by Gasteiger charge is 2.03. The van der Waals surface area contributed by atoms with Gasteiger partial charge in [0.15, 0.2) is 6.40 Å². The summed E-state index contributed by atoms with van der Waals surface area (Å²) < 4.78 is 5.30. The van der Waals surface area contributed by atoms with Crippen LogP contribution in [0.5, 0.6) is 5.75 Å². The molecule has 0 saturated carbocycles. The van der Waals surface area contributed by atoms with Crippen LogP contribution in [0.2, 0.25) is 0 Å². The third-order valence-corrected chi connectivity index (χ3v) is 2.27. The van der Waals surface area contributed by atoms with E-state index in [1.54, 1.807) is 24.3 Å². The highest BCUT2D eigenvalue weighted by atomic mass is 16.5. The smallest absolute Gasteiger partial charge is 0.251 e. The van der Waals surface area contributed by atoms with E-state index in [1.165, 1.54) is 6.40 Å². The Morgan fingerprint density at radius 1 is 1.28 bits per heavy atom. The van der Waals surface area contributed by atoms with Crippen molar-refractivity contribution in [2.24, 2.45) is 4.99 Å². The number of ether oxygens (including phenoxy) is 1. The van der Waals surface area contributed by atoms with Gasteiger partial charge >= 0.3 is 0 Å². The van der Waals surface area contributed by atoms with Gasteiger partial charge in [-0.15, -0.1) is 0 Å². The van der Waals surface area contributed by atoms with E-state index in [-0.39, 0.29) is 5.91 Å². The lowest BCUT2D eigenvalue weighted by atomic mass is 10.2. The van der Waals surface area contributed by atoms with Crippen molar-refractivity contribution in [3.05, 3.63) is 29.8 Å². The Kier molecular flexibility index (Phi) is 6.54. The molecule has 0 heterocycles. The van der Waals surface area contributed by atoms with Gasteiger partial charge in [0.05, 0.1) is 0 Å². The van der Waals surface area contributed by atoms with Crippen LogP contribution in [-0.4, -0.2) is 25.4 Å². The van der Waals surface area contributed by atoms with Crippen LogP contribution in [-0.2, 0) is 0 Å². The summed E-state index contributed by atoms with van der Waals surface area (Å²) in [6, 6.07) is 7.01. The molecule has 0 aliphatic carbocycles. The van der Waals surface area contributed by atoms with Gasteiger partial charge < -0.3 is 10.1 Å². The zero-order valence-electron chi connectivity index (χ0n) is 11.0.